The number of anilines is 1. The molecule has 2 N–H and O–H groups in total. The first-order chi connectivity index (χ1) is 10.8. The van der Waals surface area contributed by atoms with Crippen molar-refractivity contribution >= 4 is 22.5 Å². The van der Waals surface area contributed by atoms with Gasteiger partial charge in [0, 0.05) is 5.39 Å². The second-order valence-corrected chi connectivity index (χ2v) is 5.82. The predicted molar refractivity (Wildman–Crippen MR) is 86.9 cm³/mol. The molecular weight excluding hydrogens is 274 g/mol. The van der Waals surface area contributed by atoms with Crippen molar-refractivity contribution in [2.45, 2.75) is 25.7 Å². The monoisotopic (exact) mass is 291 g/mol. The SMILES string of the molecule is O=C(Cc1ccc2c(c1)CCC2)Nc1cccc2cn[nH]c12. The molecule has 0 aliphatic heterocycles. The van der Waals surface area contributed by atoms with Gasteiger partial charge in [-0.1, -0.05) is 30.3 Å². The molecule has 1 aliphatic carbocycles. The molecule has 0 radical (unpaired) electrons. The van der Waals surface area contributed by atoms with E-state index in [0.29, 0.717) is 6.42 Å². The molecule has 0 saturated heterocycles. The Morgan fingerprint density at radius 1 is 1.18 bits per heavy atom. The van der Waals surface area contributed by atoms with Crippen LogP contribution in [0, 0.1) is 0 Å². The van der Waals surface area contributed by atoms with Crippen LogP contribution in [0.1, 0.15) is 23.1 Å². The van der Waals surface area contributed by atoms with Crippen LogP contribution in [-0.4, -0.2) is 16.1 Å². The Morgan fingerprint density at radius 2 is 2.09 bits per heavy atom. The zero-order valence-electron chi connectivity index (χ0n) is 12.2. The summed E-state index contributed by atoms with van der Waals surface area (Å²) in [5.74, 6) is 0.0000435. The van der Waals surface area contributed by atoms with E-state index < -0.39 is 0 Å². The lowest BCUT2D eigenvalue weighted by Crippen LogP contribution is -2.14. The molecule has 1 aliphatic rings. The molecule has 1 amide bonds. The van der Waals surface area contributed by atoms with E-state index in [1.54, 1.807) is 6.20 Å². The summed E-state index contributed by atoms with van der Waals surface area (Å²) in [5, 5.41) is 10.9. The first-order valence-electron chi connectivity index (χ1n) is 7.62. The van der Waals surface area contributed by atoms with Gasteiger partial charge in [-0.3, -0.25) is 9.89 Å². The summed E-state index contributed by atoms with van der Waals surface area (Å²) < 4.78 is 0. The molecule has 4 heteroatoms. The lowest BCUT2D eigenvalue weighted by Gasteiger charge is -2.08. The van der Waals surface area contributed by atoms with E-state index in [9.17, 15) is 4.79 Å². The topological polar surface area (TPSA) is 57.8 Å². The molecule has 0 atom stereocenters. The minimum atomic E-state index is 0.0000435. The number of H-pyrrole nitrogens is 1. The zero-order valence-corrected chi connectivity index (χ0v) is 12.2. The Balaban J connectivity index is 1.52. The second-order valence-electron chi connectivity index (χ2n) is 5.82. The van der Waals surface area contributed by atoms with Crippen molar-refractivity contribution in [3.8, 4) is 0 Å². The van der Waals surface area contributed by atoms with Gasteiger partial charge in [0.15, 0.2) is 0 Å². The Hall–Kier alpha value is -2.62. The fraction of sp³-hybridized carbons (Fsp3) is 0.222. The third kappa shape index (κ3) is 2.37. The van der Waals surface area contributed by atoms with Crippen molar-refractivity contribution < 1.29 is 4.79 Å². The number of benzene rings is 2. The lowest BCUT2D eigenvalue weighted by molar-refractivity contribution is -0.115. The summed E-state index contributed by atoms with van der Waals surface area (Å²) in [4.78, 5) is 12.3. The second kappa shape index (κ2) is 5.30. The van der Waals surface area contributed by atoms with Crippen molar-refractivity contribution in [3.63, 3.8) is 0 Å². The summed E-state index contributed by atoms with van der Waals surface area (Å²) in [6.45, 7) is 0. The van der Waals surface area contributed by atoms with Crippen LogP contribution in [0.3, 0.4) is 0 Å². The van der Waals surface area contributed by atoms with Crippen LogP contribution >= 0.6 is 0 Å². The van der Waals surface area contributed by atoms with Crippen molar-refractivity contribution in [3.05, 3.63) is 59.3 Å². The first kappa shape index (κ1) is 13.1. The van der Waals surface area contributed by atoms with Gasteiger partial charge in [0.05, 0.1) is 23.8 Å². The highest BCUT2D eigenvalue weighted by atomic mass is 16.1. The third-order valence-corrected chi connectivity index (χ3v) is 4.28. The lowest BCUT2D eigenvalue weighted by atomic mass is 10.0. The quantitative estimate of drug-likeness (QED) is 0.778. The minimum Gasteiger partial charge on any atom is -0.324 e. The van der Waals surface area contributed by atoms with Gasteiger partial charge in [-0.15, -0.1) is 0 Å². The van der Waals surface area contributed by atoms with Crippen molar-refractivity contribution in [1.82, 2.24) is 10.2 Å². The van der Waals surface area contributed by atoms with Crippen molar-refractivity contribution in [2.24, 2.45) is 0 Å². The van der Waals surface area contributed by atoms with Gasteiger partial charge in [0.1, 0.15) is 0 Å². The number of rotatable bonds is 3. The number of para-hydroxylation sites is 1. The van der Waals surface area contributed by atoms with Crippen LogP contribution in [0.4, 0.5) is 5.69 Å². The first-order valence-corrected chi connectivity index (χ1v) is 7.62. The molecule has 3 aromatic rings. The minimum absolute atomic E-state index is 0.0000435. The van der Waals surface area contributed by atoms with Gasteiger partial charge in [0.25, 0.3) is 0 Å². The van der Waals surface area contributed by atoms with Gasteiger partial charge < -0.3 is 5.32 Å². The number of nitrogens with one attached hydrogen (secondary N) is 2. The molecule has 22 heavy (non-hydrogen) atoms. The standard InChI is InChI=1S/C18H17N3O/c22-17(10-12-7-8-13-3-1-4-14(13)9-12)20-16-6-2-5-15-11-19-21-18(15)16/h2,5-9,11H,1,3-4,10H2,(H,19,21)(H,20,22). The molecule has 0 spiro atoms. The number of hydrogen-bond donors (Lipinski definition) is 2. The van der Waals surface area contributed by atoms with E-state index in [0.717, 1.165) is 28.6 Å². The molecule has 110 valence electrons. The molecule has 0 bridgehead atoms. The van der Waals surface area contributed by atoms with Crippen LogP contribution in [0.2, 0.25) is 0 Å². The van der Waals surface area contributed by atoms with E-state index in [-0.39, 0.29) is 5.91 Å². The average Bonchev–Trinajstić information content (AvgIpc) is 3.15. The summed E-state index contributed by atoms with van der Waals surface area (Å²) in [6.07, 6.45) is 5.69. The number of amides is 1. The Kier molecular flexibility index (Phi) is 3.15. The maximum Gasteiger partial charge on any atom is 0.228 e. The molecule has 0 saturated carbocycles. The van der Waals surface area contributed by atoms with Crippen molar-refractivity contribution in [1.29, 1.82) is 0 Å². The third-order valence-electron chi connectivity index (χ3n) is 4.28. The highest BCUT2D eigenvalue weighted by Crippen LogP contribution is 2.24. The van der Waals surface area contributed by atoms with E-state index >= 15 is 0 Å². The average molecular weight is 291 g/mol. The molecule has 1 aromatic heterocycles. The summed E-state index contributed by atoms with van der Waals surface area (Å²) in [5.41, 5.74) is 5.56. The van der Waals surface area contributed by atoms with Gasteiger partial charge in [-0.2, -0.15) is 5.10 Å². The van der Waals surface area contributed by atoms with Gasteiger partial charge in [-0.25, -0.2) is 0 Å². The highest BCUT2D eigenvalue weighted by molar-refractivity contribution is 6.00. The number of nitrogens with zero attached hydrogens (tertiary/aromatic N) is 1. The maximum atomic E-state index is 12.3. The van der Waals surface area contributed by atoms with Crippen LogP contribution in [0.15, 0.2) is 42.6 Å². The number of carbonyl (C=O) groups is 1. The summed E-state index contributed by atoms with van der Waals surface area (Å²) in [7, 11) is 0. The van der Waals surface area contributed by atoms with Gasteiger partial charge in [0.2, 0.25) is 5.91 Å². The van der Waals surface area contributed by atoms with Crippen LogP contribution in [0.25, 0.3) is 10.9 Å². The largest absolute Gasteiger partial charge is 0.324 e. The number of carbonyl (C=O) groups excluding carboxylic acids is 1. The smallest absolute Gasteiger partial charge is 0.228 e. The molecule has 2 aromatic carbocycles. The number of hydrogen-bond acceptors (Lipinski definition) is 2. The number of aryl methyl sites for hydroxylation is 2. The number of fused-ring (bicyclic) bond motifs is 2. The molecule has 4 rings (SSSR count). The molecular formula is C18H17N3O. The van der Waals surface area contributed by atoms with Crippen molar-refractivity contribution in [2.75, 3.05) is 5.32 Å². The van der Waals surface area contributed by atoms with Crippen LogP contribution < -0.4 is 5.32 Å². The Labute approximate surface area is 128 Å². The van der Waals surface area contributed by atoms with E-state index in [4.69, 9.17) is 0 Å². The van der Waals surface area contributed by atoms with E-state index in [1.165, 1.54) is 24.0 Å². The molecule has 4 nitrogen and oxygen atoms in total. The summed E-state index contributed by atoms with van der Waals surface area (Å²) >= 11 is 0. The normalized spacial score (nSPS) is 13.3. The summed E-state index contributed by atoms with van der Waals surface area (Å²) in [6, 6.07) is 12.2. The Bertz CT molecular complexity index is 850. The van der Waals surface area contributed by atoms with E-state index in [1.807, 2.05) is 18.2 Å². The fourth-order valence-corrected chi connectivity index (χ4v) is 3.19. The fourth-order valence-electron chi connectivity index (χ4n) is 3.19. The number of aromatic nitrogens is 2. The zero-order chi connectivity index (χ0) is 14.9. The highest BCUT2D eigenvalue weighted by Gasteiger charge is 2.13. The molecule has 1 heterocycles. The van der Waals surface area contributed by atoms with Gasteiger partial charge >= 0.3 is 0 Å². The predicted octanol–water partition coefficient (Wildman–Crippen LogP) is 3.23. The molecule has 0 unspecified atom stereocenters. The van der Waals surface area contributed by atoms with Crippen LogP contribution in [0.5, 0.6) is 0 Å². The Morgan fingerprint density at radius 3 is 3.05 bits per heavy atom. The van der Waals surface area contributed by atoms with Crippen LogP contribution in [-0.2, 0) is 24.1 Å². The molecule has 0 fully saturated rings. The number of aromatic amines is 1. The van der Waals surface area contributed by atoms with Gasteiger partial charge in [-0.05, 0) is 42.0 Å². The maximum absolute atomic E-state index is 12.3. The van der Waals surface area contributed by atoms with E-state index in [2.05, 4.69) is 33.7 Å².